The maximum absolute atomic E-state index is 12.9. The molecule has 12 heteroatoms. The van der Waals surface area contributed by atoms with Gasteiger partial charge < -0.3 is 19.7 Å². The Balaban J connectivity index is 1.61. The number of nitrogens with one attached hydrogen (secondary N) is 1. The predicted octanol–water partition coefficient (Wildman–Crippen LogP) is 3.24. The first-order valence-corrected chi connectivity index (χ1v) is 11.0. The Morgan fingerprint density at radius 3 is 2.56 bits per heavy atom. The van der Waals surface area contributed by atoms with Crippen LogP contribution >= 0.6 is 11.3 Å². The van der Waals surface area contributed by atoms with Gasteiger partial charge in [-0.15, -0.1) is 10.2 Å². The number of benzene rings is 2. The standard InChI is InChI=1S/C22H23N5O6S/c1-32-13-12-26(21(29)16-4-3-5-17(14-16)27(30)31)11-10-19(28)23-22-25-24-20(34-22)15-6-8-18(33-2)9-7-15/h3-9,14H,10-13H2,1-2H3,(H,23,25,28). The fraction of sp³-hybridized carbons (Fsp3) is 0.273. The fourth-order valence-corrected chi connectivity index (χ4v) is 3.76. The van der Waals surface area contributed by atoms with E-state index >= 15 is 0 Å². The van der Waals surface area contributed by atoms with Gasteiger partial charge in [-0.3, -0.25) is 19.7 Å². The summed E-state index contributed by atoms with van der Waals surface area (Å²) >= 11 is 1.22. The number of aromatic nitrogens is 2. The third-order valence-electron chi connectivity index (χ3n) is 4.77. The van der Waals surface area contributed by atoms with Crippen LogP contribution in [-0.2, 0) is 9.53 Å². The van der Waals surface area contributed by atoms with E-state index in [9.17, 15) is 19.7 Å². The SMILES string of the molecule is COCCN(CCC(=O)Nc1nnc(-c2ccc(OC)cc2)s1)C(=O)c1cccc([N+](=O)[O-])c1. The largest absolute Gasteiger partial charge is 0.497 e. The van der Waals surface area contributed by atoms with Gasteiger partial charge in [0.25, 0.3) is 11.6 Å². The molecule has 1 heterocycles. The molecule has 0 aliphatic heterocycles. The summed E-state index contributed by atoms with van der Waals surface area (Å²) in [7, 11) is 3.08. The van der Waals surface area contributed by atoms with Gasteiger partial charge in [0.05, 0.1) is 18.6 Å². The number of nitro benzene ring substituents is 1. The summed E-state index contributed by atoms with van der Waals surface area (Å²) in [6.45, 7) is 0.580. The number of nitro groups is 1. The average Bonchev–Trinajstić information content (AvgIpc) is 3.32. The highest BCUT2D eigenvalue weighted by molar-refractivity contribution is 7.18. The van der Waals surface area contributed by atoms with Crippen molar-refractivity contribution in [2.75, 3.05) is 39.2 Å². The Bertz CT molecular complexity index is 1150. The molecule has 3 aromatic rings. The third kappa shape index (κ3) is 6.56. The monoisotopic (exact) mass is 485 g/mol. The second kappa shape index (κ2) is 11.8. The second-order valence-corrected chi connectivity index (χ2v) is 8.01. The van der Waals surface area contributed by atoms with Gasteiger partial charge in [0, 0.05) is 49.9 Å². The summed E-state index contributed by atoms with van der Waals surface area (Å²) in [5.74, 6) is -0.0441. The Morgan fingerprint density at radius 1 is 1.12 bits per heavy atom. The lowest BCUT2D eigenvalue weighted by Crippen LogP contribution is -2.36. The van der Waals surface area contributed by atoms with E-state index in [0.717, 1.165) is 11.3 Å². The number of carbonyl (C=O) groups is 2. The fourth-order valence-electron chi connectivity index (χ4n) is 2.99. The lowest BCUT2D eigenvalue weighted by molar-refractivity contribution is -0.384. The van der Waals surface area contributed by atoms with Gasteiger partial charge in [-0.1, -0.05) is 17.4 Å². The average molecular weight is 486 g/mol. The lowest BCUT2D eigenvalue weighted by atomic mass is 10.1. The van der Waals surface area contributed by atoms with Crippen molar-refractivity contribution in [3.8, 4) is 16.3 Å². The molecule has 178 valence electrons. The maximum Gasteiger partial charge on any atom is 0.270 e. The van der Waals surface area contributed by atoms with Gasteiger partial charge >= 0.3 is 0 Å². The molecule has 0 aliphatic carbocycles. The number of hydrogen-bond donors (Lipinski definition) is 1. The van der Waals surface area contributed by atoms with Gasteiger partial charge in [0.1, 0.15) is 10.8 Å². The molecule has 1 N–H and O–H groups in total. The summed E-state index contributed by atoms with van der Waals surface area (Å²) in [6.07, 6.45) is 0.00182. The van der Waals surface area contributed by atoms with E-state index in [1.165, 1.54) is 47.6 Å². The highest BCUT2D eigenvalue weighted by atomic mass is 32.1. The number of methoxy groups -OCH3 is 2. The van der Waals surface area contributed by atoms with Crippen LogP contribution in [0.3, 0.4) is 0 Å². The molecule has 0 unspecified atom stereocenters. The van der Waals surface area contributed by atoms with Crippen LogP contribution in [0, 0.1) is 10.1 Å². The zero-order chi connectivity index (χ0) is 24.5. The second-order valence-electron chi connectivity index (χ2n) is 7.03. The Morgan fingerprint density at radius 2 is 1.88 bits per heavy atom. The number of nitrogens with zero attached hydrogens (tertiary/aromatic N) is 4. The molecule has 0 saturated carbocycles. The molecular formula is C22H23N5O6S. The minimum Gasteiger partial charge on any atom is -0.497 e. The third-order valence-corrected chi connectivity index (χ3v) is 5.66. The van der Waals surface area contributed by atoms with Crippen LogP contribution in [0.25, 0.3) is 10.6 Å². The molecule has 0 spiro atoms. The number of rotatable bonds is 11. The van der Waals surface area contributed by atoms with Crippen LogP contribution < -0.4 is 10.1 Å². The van der Waals surface area contributed by atoms with Crippen molar-refractivity contribution in [2.24, 2.45) is 0 Å². The molecule has 2 amide bonds. The number of carbonyl (C=O) groups excluding carboxylic acids is 2. The molecule has 3 rings (SSSR count). The lowest BCUT2D eigenvalue weighted by Gasteiger charge is -2.22. The highest BCUT2D eigenvalue weighted by Gasteiger charge is 2.19. The molecule has 0 aliphatic rings. The number of hydrogen-bond acceptors (Lipinski definition) is 9. The number of amides is 2. The van der Waals surface area contributed by atoms with Gasteiger partial charge in [-0.2, -0.15) is 0 Å². The summed E-state index contributed by atoms with van der Waals surface area (Å²) in [6, 6.07) is 12.8. The molecule has 0 fully saturated rings. The van der Waals surface area contributed by atoms with Crippen LogP contribution in [0.4, 0.5) is 10.8 Å². The molecule has 0 radical (unpaired) electrons. The molecular weight excluding hydrogens is 462 g/mol. The first kappa shape index (κ1) is 24.7. The molecule has 0 saturated heterocycles. The van der Waals surface area contributed by atoms with E-state index in [0.29, 0.717) is 10.1 Å². The maximum atomic E-state index is 12.9. The summed E-state index contributed by atoms with van der Waals surface area (Å²) in [4.78, 5) is 37.2. The molecule has 11 nitrogen and oxygen atoms in total. The van der Waals surface area contributed by atoms with E-state index in [1.54, 1.807) is 7.11 Å². The van der Waals surface area contributed by atoms with Gasteiger partial charge in [-0.05, 0) is 30.3 Å². The Kier molecular flexibility index (Phi) is 8.60. The summed E-state index contributed by atoms with van der Waals surface area (Å²) in [5, 5.41) is 22.8. The molecule has 1 aromatic heterocycles. The van der Waals surface area contributed by atoms with Crippen molar-refractivity contribution >= 4 is 34.0 Å². The molecule has 0 atom stereocenters. The highest BCUT2D eigenvalue weighted by Crippen LogP contribution is 2.27. The van der Waals surface area contributed by atoms with E-state index < -0.39 is 10.8 Å². The Hall–Kier alpha value is -3.90. The normalized spacial score (nSPS) is 10.5. The number of anilines is 1. The van der Waals surface area contributed by atoms with E-state index in [1.807, 2.05) is 24.3 Å². The topological polar surface area (TPSA) is 137 Å². The zero-order valence-corrected chi connectivity index (χ0v) is 19.4. The van der Waals surface area contributed by atoms with Gasteiger partial charge in [0.15, 0.2) is 0 Å². The van der Waals surface area contributed by atoms with Gasteiger partial charge in [-0.25, -0.2) is 0 Å². The zero-order valence-electron chi connectivity index (χ0n) is 18.6. The van der Waals surface area contributed by atoms with Crippen LogP contribution in [0.5, 0.6) is 5.75 Å². The summed E-state index contributed by atoms with van der Waals surface area (Å²) in [5.41, 5.74) is 0.824. The summed E-state index contributed by atoms with van der Waals surface area (Å²) < 4.78 is 10.2. The number of ether oxygens (including phenoxy) is 2. The van der Waals surface area contributed by atoms with E-state index in [4.69, 9.17) is 9.47 Å². The molecule has 2 aromatic carbocycles. The Labute approximate surface area is 199 Å². The first-order valence-electron chi connectivity index (χ1n) is 10.2. The number of non-ortho nitro benzene ring substituents is 1. The van der Waals surface area contributed by atoms with E-state index in [2.05, 4.69) is 15.5 Å². The van der Waals surface area contributed by atoms with Crippen molar-refractivity contribution in [3.63, 3.8) is 0 Å². The quantitative estimate of drug-likeness (QED) is 0.323. The first-order chi connectivity index (χ1) is 16.4. The minimum atomic E-state index is -0.564. The van der Waals surface area contributed by atoms with Crippen LogP contribution in [0.15, 0.2) is 48.5 Å². The van der Waals surface area contributed by atoms with Crippen molar-refractivity contribution in [1.82, 2.24) is 15.1 Å². The van der Waals surface area contributed by atoms with Crippen molar-refractivity contribution in [1.29, 1.82) is 0 Å². The smallest absolute Gasteiger partial charge is 0.270 e. The van der Waals surface area contributed by atoms with Crippen molar-refractivity contribution < 1.29 is 24.0 Å². The molecule has 0 bridgehead atoms. The van der Waals surface area contributed by atoms with Crippen molar-refractivity contribution in [2.45, 2.75) is 6.42 Å². The molecule has 34 heavy (non-hydrogen) atoms. The van der Waals surface area contributed by atoms with Crippen LogP contribution in [0.1, 0.15) is 16.8 Å². The predicted molar refractivity (Wildman–Crippen MR) is 126 cm³/mol. The van der Waals surface area contributed by atoms with E-state index in [-0.39, 0.29) is 43.3 Å². The van der Waals surface area contributed by atoms with Crippen LogP contribution in [-0.4, -0.2) is 65.8 Å². The van der Waals surface area contributed by atoms with Gasteiger partial charge in [0.2, 0.25) is 11.0 Å². The van der Waals surface area contributed by atoms with Crippen LogP contribution in [0.2, 0.25) is 0 Å². The van der Waals surface area contributed by atoms with Crippen molar-refractivity contribution in [3.05, 3.63) is 64.2 Å². The minimum absolute atomic E-state index is 0.00182.